The molecule has 1 atom stereocenters. The molecule has 1 aliphatic heterocycles. The number of hydrogen-bond acceptors (Lipinski definition) is 4. The number of nitrogens with zero attached hydrogens (tertiary/aromatic N) is 3. The van der Waals surface area contributed by atoms with Crippen LogP contribution in [0.2, 0.25) is 0 Å². The standard InChI is InChI=1S/C13H18N4O/c1-2-17-8-4-6-11(17)12-15-13(18-16-12)10-5-3-7-14-9-10/h4,6,8,10,14H,2-3,5,7,9H2,1H3/t10-/m1/s1. The van der Waals surface area contributed by atoms with Gasteiger partial charge in [-0.1, -0.05) is 5.16 Å². The molecule has 1 saturated heterocycles. The molecule has 0 spiro atoms. The molecule has 1 aliphatic rings. The van der Waals surface area contributed by atoms with Gasteiger partial charge in [0.15, 0.2) is 0 Å². The predicted molar refractivity (Wildman–Crippen MR) is 68.2 cm³/mol. The van der Waals surface area contributed by atoms with Crippen LogP contribution in [0.4, 0.5) is 0 Å². The number of aromatic nitrogens is 3. The van der Waals surface area contributed by atoms with E-state index in [9.17, 15) is 0 Å². The molecule has 2 aromatic rings. The zero-order valence-electron chi connectivity index (χ0n) is 10.6. The smallest absolute Gasteiger partial charge is 0.231 e. The fourth-order valence-electron chi connectivity index (χ4n) is 2.46. The highest BCUT2D eigenvalue weighted by Crippen LogP contribution is 2.24. The number of hydrogen-bond donors (Lipinski definition) is 1. The molecule has 0 bridgehead atoms. The quantitative estimate of drug-likeness (QED) is 0.900. The molecule has 1 fully saturated rings. The third kappa shape index (κ3) is 2.06. The van der Waals surface area contributed by atoms with Gasteiger partial charge in [-0.05, 0) is 38.4 Å². The second-order valence-electron chi connectivity index (χ2n) is 4.68. The highest BCUT2D eigenvalue weighted by atomic mass is 16.5. The van der Waals surface area contributed by atoms with Crippen LogP contribution in [0, 0.1) is 0 Å². The van der Waals surface area contributed by atoms with Crippen LogP contribution in [-0.2, 0) is 6.54 Å². The summed E-state index contributed by atoms with van der Waals surface area (Å²) in [5, 5.41) is 7.47. The van der Waals surface area contributed by atoms with Crippen LogP contribution in [-0.4, -0.2) is 27.8 Å². The molecule has 5 nitrogen and oxygen atoms in total. The number of rotatable bonds is 3. The molecule has 0 saturated carbocycles. The maximum Gasteiger partial charge on any atom is 0.231 e. The maximum absolute atomic E-state index is 5.41. The summed E-state index contributed by atoms with van der Waals surface area (Å²) >= 11 is 0. The summed E-state index contributed by atoms with van der Waals surface area (Å²) in [6.45, 7) is 5.05. The van der Waals surface area contributed by atoms with Gasteiger partial charge >= 0.3 is 0 Å². The third-order valence-corrected chi connectivity index (χ3v) is 3.49. The summed E-state index contributed by atoms with van der Waals surface area (Å²) in [6, 6.07) is 4.04. The van der Waals surface area contributed by atoms with Gasteiger partial charge in [-0.2, -0.15) is 4.98 Å². The molecule has 96 valence electrons. The summed E-state index contributed by atoms with van der Waals surface area (Å²) in [5.74, 6) is 1.83. The Morgan fingerprint density at radius 3 is 3.28 bits per heavy atom. The van der Waals surface area contributed by atoms with Gasteiger partial charge in [-0.15, -0.1) is 0 Å². The first-order chi connectivity index (χ1) is 8.88. The molecule has 18 heavy (non-hydrogen) atoms. The topological polar surface area (TPSA) is 55.9 Å². The molecule has 1 N–H and O–H groups in total. The number of aryl methyl sites for hydroxylation is 1. The lowest BCUT2D eigenvalue weighted by atomic mass is 10.00. The van der Waals surface area contributed by atoms with Gasteiger partial charge in [0.25, 0.3) is 0 Å². The minimum Gasteiger partial charge on any atom is -0.345 e. The molecule has 2 aromatic heterocycles. The van der Waals surface area contributed by atoms with Crippen molar-refractivity contribution in [2.45, 2.75) is 32.2 Å². The highest BCUT2D eigenvalue weighted by Gasteiger charge is 2.22. The van der Waals surface area contributed by atoms with Crippen molar-refractivity contribution in [3.63, 3.8) is 0 Å². The lowest BCUT2D eigenvalue weighted by Gasteiger charge is -2.18. The Balaban J connectivity index is 1.84. The lowest BCUT2D eigenvalue weighted by molar-refractivity contribution is 0.322. The third-order valence-electron chi connectivity index (χ3n) is 3.49. The van der Waals surface area contributed by atoms with Crippen LogP contribution in [0.3, 0.4) is 0 Å². The molecule has 3 rings (SSSR count). The van der Waals surface area contributed by atoms with E-state index in [2.05, 4.69) is 26.9 Å². The van der Waals surface area contributed by atoms with E-state index >= 15 is 0 Å². The Labute approximate surface area is 106 Å². The van der Waals surface area contributed by atoms with Gasteiger partial charge < -0.3 is 14.4 Å². The summed E-state index contributed by atoms with van der Waals surface area (Å²) < 4.78 is 7.53. The van der Waals surface area contributed by atoms with E-state index in [4.69, 9.17) is 4.52 Å². The van der Waals surface area contributed by atoms with E-state index in [-0.39, 0.29) is 0 Å². The van der Waals surface area contributed by atoms with Crippen LogP contribution in [0.1, 0.15) is 31.6 Å². The van der Waals surface area contributed by atoms with E-state index in [0.717, 1.165) is 37.6 Å². The van der Waals surface area contributed by atoms with E-state index in [1.54, 1.807) is 0 Å². The molecule has 5 heteroatoms. The SMILES string of the molecule is CCn1cccc1-c1noc([C@@H]2CCCNC2)n1. The van der Waals surface area contributed by atoms with Crippen molar-refractivity contribution in [1.82, 2.24) is 20.0 Å². The monoisotopic (exact) mass is 246 g/mol. The first kappa shape index (κ1) is 11.5. The van der Waals surface area contributed by atoms with E-state index in [1.807, 2.05) is 18.3 Å². The minimum absolute atomic E-state index is 0.366. The molecule has 0 amide bonds. The average molecular weight is 246 g/mol. The van der Waals surface area contributed by atoms with Gasteiger partial charge in [0.1, 0.15) is 0 Å². The van der Waals surface area contributed by atoms with E-state index in [0.29, 0.717) is 11.7 Å². The zero-order valence-corrected chi connectivity index (χ0v) is 10.6. The highest BCUT2D eigenvalue weighted by molar-refractivity contribution is 5.49. The molecular weight excluding hydrogens is 228 g/mol. The van der Waals surface area contributed by atoms with E-state index in [1.165, 1.54) is 6.42 Å². The first-order valence-electron chi connectivity index (χ1n) is 6.58. The fraction of sp³-hybridized carbons (Fsp3) is 0.538. The molecule has 0 aliphatic carbocycles. The van der Waals surface area contributed by atoms with Crippen molar-refractivity contribution in [2.24, 2.45) is 0 Å². The number of piperidine rings is 1. The predicted octanol–water partition coefficient (Wildman–Crippen LogP) is 2.02. The molecule has 3 heterocycles. The van der Waals surface area contributed by atoms with Gasteiger partial charge in [0.2, 0.25) is 11.7 Å². The Morgan fingerprint density at radius 1 is 1.56 bits per heavy atom. The zero-order chi connectivity index (χ0) is 12.4. The molecular formula is C13H18N4O. The minimum atomic E-state index is 0.366. The summed E-state index contributed by atoms with van der Waals surface area (Å²) in [5.41, 5.74) is 1.02. The fourth-order valence-corrected chi connectivity index (χ4v) is 2.46. The lowest BCUT2D eigenvalue weighted by Crippen LogP contribution is -2.28. The largest absolute Gasteiger partial charge is 0.345 e. The van der Waals surface area contributed by atoms with Gasteiger partial charge in [0, 0.05) is 19.3 Å². The summed E-state index contributed by atoms with van der Waals surface area (Å²) in [7, 11) is 0. The normalized spacial score (nSPS) is 20.2. The Kier molecular flexibility index (Phi) is 3.15. The van der Waals surface area contributed by atoms with Crippen LogP contribution in [0.25, 0.3) is 11.5 Å². The van der Waals surface area contributed by atoms with Crippen molar-refractivity contribution in [2.75, 3.05) is 13.1 Å². The second-order valence-corrected chi connectivity index (χ2v) is 4.68. The summed E-state index contributed by atoms with van der Waals surface area (Å²) in [4.78, 5) is 4.55. The van der Waals surface area contributed by atoms with Crippen LogP contribution in [0.5, 0.6) is 0 Å². The van der Waals surface area contributed by atoms with Crippen molar-refractivity contribution < 1.29 is 4.52 Å². The molecule has 0 unspecified atom stereocenters. The maximum atomic E-state index is 5.41. The van der Waals surface area contributed by atoms with Crippen molar-refractivity contribution in [1.29, 1.82) is 0 Å². The van der Waals surface area contributed by atoms with Crippen LogP contribution < -0.4 is 5.32 Å². The Morgan fingerprint density at radius 2 is 2.50 bits per heavy atom. The van der Waals surface area contributed by atoms with Gasteiger partial charge in [-0.25, -0.2) is 0 Å². The van der Waals surface area contributed by atoms with Gasteiger partial charge in [0.05, 0.1) is 11.6 Å². The Bertz CT molecular complexity index is 511. The number of nitrogens with one attached hydrogen (secondary N) is 1. The molecule has 0 aromatic carbocycles. The Hall–Kier alpha value is -1.62. The molecule has 0 radical (unpaired) electrons. The van der Waals surface area contributed by atoms with Crippen LogP contribution >= 0.6 is 0 Å². The van der Waals surface area contributed by atoms with Crippen molar-refractivity contribution in [3.05, 3.63) is 24.2 Å². The van der Waals surface area contributed by atoms with Crippen LogP contribution in [0.15, 0.2) is 22.9 Å². The van der Waals surface area contributed by atoms with E-state index < -0.39 is 0 Å². The second kappa shape index (κ2) is 4.94. The van der Waals surface area contributed by atoms with Gasteiger partial charge in [-0.3, -0.25) is 0 Å². The average Bonchev–Trinajstić information content (AvgIpc) is 3.08. The van der Waals surface area contributed by atoms with Crippen molar-refractivity contribution >= 4 is 0 Å². The summed E-state index contributed by atoms with van der Waals surface area (Å²) in [6.07, 6.45) is 4.34. The van der Waals surface area contributed by atoms with Crippen molar-refractivity contribution in [3.8, 4) is 11.5 Å². The first-order valence-corrected chi connectivity index (χ1v) is 6.58.